The predicted octanol–water partition coefficient (Wildman–Crippen LogP) is 3.12. The highest BCUT2D eigenvalue weighted by atomic mass is 35.5. The van der Waals surface area contributed by atoms with Gasteiger partial charge in [0.15, 0.2) is 5.82 Å². The summed E-state index contributed by atoms with van der Waals surface area (Å²) in [7, 11) is 0. The molecule has 0 unspecified atom stereocenters. The van der Waals surface area contributed by atoms with Gasteiger partial charge in [-0.1, -0.05) is 0 Å². The molecule has 2 aliphatic heterocycles. The molecule has 0 aliphatic carbocycles. The number of hydrogen-bond donors (Lipinski definition) is 1. The van der Waals surface area contributed by atoms with Crippen LogP contribution < -0.4 is 5.32 Å². The van der Waals surface area contributed by atoms with Crippen LogP contribution in [-0.2, 0) is 0 Å². The van der Waals surface area contributed by atoms with Gasteiger partial charge >= 0.3 is 0 Å². The van der Waals surface area contributed by atoms with Crippen LogP contribution in [0.4, 0.5) is 0 Å². The predicted molar refractivity (Wildman–Crippen MR) is 111 cm³/mol. The number of halogens is 1. The summed E-state index contributed by atoms with van der Waals surface area (Å²) in [5.41, 5.74) is 2.21. The maximum absolute atomic E-state index is 13.0. The number of aromatic nitrogens is 3. The number of pyridine rings is 1. The van der Waals surface area contributed by atoms with E-state index in [1.165, 1.54) is 12.8 Å². The third kappa shape index (κ3) is 4.50. The Hall–Kier alpha value is -2.05. The lowest BCUT2D eigenvalue weighted by atomic mass is 9.79. The Labute approximate surface area is 172 Å². The van der Waals surface area contributed by atoms with Crippen LogP contribution in [0.15, 0.2) is 30.7 Å². The summed E-state index contributed by atoms with van der Waals surface area (Å²) in [5.74, 6) is 2.27. The maximum Gasteiger partial charge on any atom is 0.257 e. The Morgan fingerprint density at radius 1 is 1.11 bits per heavy atom. The number of nitrogens with zero attached hydrogens (tertiary/aromatic N) is 4. The van der Waals surface area contributed by atoms with Crippen molar-refractivity contribution in [2.75, 3.05) is 26.2 Å². The third-order valence-electron chi connectivity index (χ3n) is 6.01. The molecule has 150 valence electrons. The van der Waals surface area contributed by atoms with Crippen LogP contribution in [0.25, 0.3) is 11.4 Å². The molecule has 2 aromatic rings. The molecule has 0 spiro atoms. The van der Waals surface area contributed by atoms with Crippen molar-refractivity contribution in [1.29, 1.82) is 0 Å². The molecule has 28 heavy (non-hydrogen) atoms. The van der Waals surface area contributed by atoms with Gasteiger partial charge in [-0.15, -0.1) is 12.4 Å². The molecule has 0 atom stereocenters. The highest BCUT2D eigenvalue weighted by Gasteiger charge is 2.30. The van der Waals surface area contributed by atoms with Crippen molar-refractivity contribution in [3.8, 4) is 11.4 Å². The SMILES string of the molecule is Cc1nc(-c2cccnc2)ncc1C(=O)N1CCC(C2CCNCC2)CC1.Cl. The molecule has 0 saturated carbocycles. The van der Waals surface area contributed by atoms with E-state index >= 15 is 0 Å². The zero-order valence-corrected chi connectivity index (χ0v) is 17.1. The highest BCUT2D eigenvalue weighted by molar-refractivity contribution is 5.95. The van der Waals surface area contributed by atoms with E-state index in [1.54, 1.807) is 18.6 Å². The van der Waals surface area contributed by atoms with Gasteiger partial charge in [0.1, 0.15) is 0 Å². The maximum atomic E-state index is 13.0. The van der Waals surface area contributed by atoms with E-state index in [9.17, 15) is 4.79 Å². The number of nitrogens with one attached hydrogen (secondary N) is 1. The molecule has 2 fully saturated rings. The summed E-state index contributed by atoms with van der Waals surface area (Å²) in [6.07, 6.45) is 9.92. The van der Waals surface area contributed by atoms with Crippen LogP contribution >= 0.6 is 12.4 Å². The topological polar surface area (TPSA) is 71.0 Å². The van der Waals surface area contributed by atoms with Crippen LogP contribution in [0.2, 0.25) is 0 Å². The molecule has 1 N–H and O–H groups in total. The Bertz CT molecular complexity index is 787. The van der Waals surface area contributed by atoms with Gasteiger partial charge in [0.05, 0.1) is 11.3 Å². The van der Waals surface area contributed by atoms with Gasteiger partial charge in [-0.2, -0.15) is 0 Å². The summed E-state index contributed by atoms with van der Waals surface area (Å²) < 4.78 is 0. The molecular formula is C21H28ClN5O. The first-order valence-electron chi connectivity index (χ1n) is 9.96. The number of amides is 1. The molecule has 0 bridgehead atoms. The lowest BCUT2D eigenvalue weighted by molar-refractivity contribution is 0.0640. The second-order valence-corrected chi connectivity index (χ2v) is 7.65. The first kappa shape index (κ1) is 20.7. The van der Waals surface area contributed by atoms with Crippen LogP contribution in [-0.4, -0.2) is 51.9 Å². The van der Waals surface area contributed by atoms with E-state index in [0.717, 1.165) is 62.1 Å². The van der Waals surface area contributed by atoms with Crippen LogP contribution in [0.3, 0.4) is 0 Å². The number of rotatable bonds is 3. The standard InChI is InChI=1S/C21H27N5O.ClH/c1-15-19(14-24-20(25-15)18-3-2-8-23-13-18)21(27)26-11-6-17(7-12-26)16-4-9-22-10-5-16;/h2-3,8,13-14,16-17,22H,4-7,9-12H2,1H3;1H. The second kappa shape index (κ2) is 9.43. The van der Waals surface area contributed by atoms with Crippen molar-refractivity contribution in [2.24, 2.45) is 11.8 Å². The van der Waals surface area contributed by atoms with Crippen molar-refractivity contribution in [3.05, 3.63) is 42.0 Å². The van der Waals surface area contributed by atoms with Gasteiger partial charge in [0.2, 0.25) is 0 Å². The monoisotopic (exact) mass is 401 g/mol. The van der Waals surface area contributed by atoms with Gasteiger partial charge in [0, 0.05) is 37.2 Å². The molecule has 1 amide bonds. The van der Waals surface area contributed by atoms with Crippen molar-refractivity contribution in [1.82, 2.24) is 25.2 Å². The van der Waals surface area contributed by atoms with Crippen molar-refractivity contribution in [2.45, 2.75) is 32.6 Å². The Morgan fingerprint density at radius 2 is 1.82 bits per heavy atom. The summed E-state index contributed by atoms with van der Waals surface area (Å²) in [5, 5.41) is 3.44. The normalized spacial score (nSPS) is 18.5. The Kier molecular flexibility index (Phi) is 6.97. The minimum absolute atomic E-state index is 0. The van der Waals surface area contributed by atoms with E-state index in [4.69, 9.17) is 0 Å². The molecule has 4 heterocycles. The molecular weight excluding hydrogens is 374 g/mol. The molecule has 2 aliphatic rings. The van der Waals surface area contributed by atoms with Crippen LogP contribution in [0.5, 0.6) is 0 Å². The number of piperidine rings is 2. The molecule has 2 aromatic heterocycles. The molecule has 4 rings (SSSR count). The summed E-state index contributed by atoms with van der Waals surface area (Å²) in [6, 6.07) is 3.79. The lowest BCUT2D eigenvalue weighted by Crippen LogP contribution is -2.42. The van der Waals surface area contributed by atoms with Crippen LogP contribution in [0.1, 0.15) is 41.7 Å². The summed E-state index contributed by atoms with van der Waals surface area (Å²) in [6.45, 7) is 5.86. The highest BCUT2D eigenvalue weighted by Crippen LogP contribution is 2.31. The van der Waals surface area contributed by atoms with E-state index in [0.29, 0.717) is 11.4 Å². The van der Waals surface area contributed by atoms with Gasteiger partial charge in [-0.25, -0.2) is 9.97 Å². The molecule has 6 nitrogen and oxygen atoms in total. The van der Waals surface area contributed by atoms with E-state index in [1.807, 2.05) is 24.0 Å². The zero-order valence-electron chi connectivity index (χ0n) is 16.3. The smallest absolute Gasteiger partial charge is 0.257 e. The van der Waals surface area contributed by atoms with Gasteiger partial charge in [-0.05, 0) is 69.7 Å². The van der Waals surface area contributed by atoms with E-state index in [-0.39, 0.29) is 18.3 Å². The minimum Gasteiger partial charge on any atom is -0.339 e. The second-order valence-electron chi connectivity index (χ2n) is 7.65. The average molecular weight is 402 g/mol. The number of carbonyl (C=O) groups is 1. The third-order valence-corrected chi connectivity index (χ3v) is 6.01. The lowest BCUT2D eigenvalue weighted by Gasteiger charge is -2.37. The summed E-state index contributed by atoms with van der Waals surface area (Å²) in [4.78, 5) is 28.0. The number of carbonyl (C=O) groups excluding carboxylic acids is 1. The van der Waals surface area contributed by atoms with Gasteiger partial charge in [-0.3, -0.25) is 9.78 Å². The van der Waals surface area contributed by atoms with Crippen molar-refractivity contribution >= 4 is 18.3 Å². The quantitative estimate of drug-likeness (QED) is 0.855. The molecule has 0 aromatic carbocycles. The average Bonchev–Trinajstić information content (AvgIpc) is 2.74. The number of aryl methyl sites for hydroxylation is 1. The van der Waals surface area contributed by atoms with Gasteiger partial charge < -0.3 is 10.2 Å². The van der Waals surface area contributed by atoms with Crippen molar-refractivity contribution in [3.63, 3.8) is 0 Å². The fraction of sp³-hybridized carbons (Fsp3) is 0.524. The Morgan fingerprint density at radius 3 is 2.46 bits per heavy atom. The minimum atomic E-state index is 0. The van der Waals surface area contributed by atoms with Crippen molar-refractivity contribution < 1.29 is 4.79 Å². The van der Waals surface area contributed by atoms with E-state index in [2.05, 4.69) is 20.3 Å². The van der Waals surface area contributed by atoms with E-state index < -0.39 is 0 Å². The molecule has 7 heteroatoms. The largest absolute Gasteiger partial charge is 0.339 e. The van der Waals surface area contributed by atoms with Crippen LogP contribution in [0, 0.1) is 18.8 Å². The zero-order chi connectivity index (χ0) is 18.6. The molecule has 2 saturated heterocycles. The fourth-order valence-electron chi connectivity index (χ4n) is 4.37. The Balaban J connectivity index is 0.00000225. The fourth-order valence-corrected chi connectivity index (χ4v) is 4.37. The number of likely N-dealkylation sites (tertiary alicyclic amines) is 1. The van der Waals surface area contributed by atoms with Gasteiger partial charge in [0.25, 0.3) is 5.91 Å². The first-order chi connectivity index (χ1) is 13.2. The molecule has 0 radical (unpaired) electrons. The summed E-state index contributed by atoms with van der Waals surface area (Å²) >= 11 is 0. The number of hydrogen-bond acceptors (Lipinski definition) is 5. The first-order valence-corrected chi connectivity index (χ1v) is 9.96.